The second kappa shape index (κ2) is 7.10. The van der Waals surface area contributed by atoms with Crippen molar-refractivity contribution in [2.75, 3.05) is 11.1 Å². The van der Waals surface area contributed by atoms with E-state index in [2.05, 4.69) is 32.2 Å². The van der Waals surface area contributed by atoms with Gasteiger partial charge < -0.3 is 0 Å². The third kappa shape index (κ3) is 3.46. The summed E-state index contributed by atoms with van der Waals surface area (Å²) in [6.45, 7) is 7.73. The van der Waals surface area contributed by atoms with Crippen molar-refractivity contribution in [3.05, 3.63) is 36.7 Å². The lowest BCUT2D eigenvalue weighted by atomic mass is 10.2. The van der Waals surface area contributed by atoms with Crippen molar-refractivity contribution in [1.82, 2.24) is 25.0 Å². The van der Waals surface area contributed by atoms with Crippen molar-refractivity contribution in [3.63, 3.8) is 0 Å². The number of amides is 1. The molecule has 24 heavy (non-hydrogen) atoms. The zero-order valence-electron chi connectivity index (χ0n) is 13.3. The lowest BCUT2D eigenvalue weighted by Gasteiger charge is -2.06. The molecule has 124 valence electrons. The lowest BCUT2D eigenvalue weighted by Crippen LogP contribution is -2.12. The van der Waals surface area contributed by atoms with Gasteiger partial charge in [-0.2, -0.15) is 5.10 Å². The number of nitrogens with one attached hydrogen (secondary N) is 1. The smallest absolute Gasteiger partial charge is 0.259 e. The quantitative estimate of drug-likeness (QED) is 0.412. The summed E-state index contributed by atoms with van der Waals surface area (Å²) >= 11 is 2.86. The van der Waals surface area contributed by atoms with Crippen LogP contribution in [-0.2, 0) is 0 Å². The van der Waals surface area contributed by atoms with Crippen LogP contribution in [0.15, 0.2) is 35.5 Å². The van der Waals surface area contributed by atoms with E-state index in [0.29, 0.717) is 10.7 Å². The molecule has 0 radical (unpaired) electrons. The molecule has 1 amide bonds. The van der Waals surface area contributed by atoms with Gasteiger partial charge >= 0.3 is 0 Å². The molecule has 0 atom stereocenters. The minimum atomic E-state index is -0.266. The van der Waals surface area contributed by atoms with E-state index in [-0.39, 0.29) is 11.9 Å². The first kappa shape index (κ1) is 16.6. The van der Waals surface area contributed by atoms with Crippen LogP contribution in [0.3, 0.4) is 0 Å². The number of rotatable bonds is 6. The van der Waals surface area contributed by atoms with Crippen molar-refractivity contribution in [2.45, 2.75) is 24.2 Å². The number of thioether (sulfide) groups is 1. The Kier molecular flexibility index (Phi) is 4.91. The molecule has 0 fully saturated rings. The maximum Gasteiger partial charge on any atom is 0.259 e. The molecule has 0 aromatic carbocycles. The largest absolute Gasteiger partial charge is 0.296 e. The fourth-order valence-electron chi connectivity index (χ4n) is 2.06. The van der Waals surface area contributed by atoms with Crippen LogP contribution in [-0.4, -0.2) is 36.6 Å². The SMILES string of the molecule is C=CCSc1nnc(NC(=O)c2cnc3c(cnn3C(C)C)c2)s1. The van der Waals surface area contributed by atoms with Gasteiger partial charge in [0, 0.05) is 23.4 Å². The Hall–Kier alpha value is -2.26. The van der Waals surface area contributed by atoms with E-state index in [1.807, 2.05) is 18.5 Å². The molecule has 0 unspecified atom stereocenters. The van der Waals surface area contributed by atoms with Gasteiger partial charge in [-0.3, -0.25) is 10.1 Å². The van der Waals surface area contributed by atoms with Crippen LogP contribution >= 0.6 is 23.1 Å². The third-order valence-electron chi connectivity index (χ3n) is 3.14. The summed E-state index contributed by atoms with van der Waals surface area (Å²) in [6, 6.07) is 1.99. The molecule has 1 N–H and O–H groups in total. The first-order valence-corrected chi connectivity index (χ1v) is 9.10. The second-order valence-corrected chi connectivity index (χ2v) is 7.49. The average Bonchev–Trinajstić information content (AvgIpc) is 3.18. The van der Waals surface area contributed by atoms with Gasteiger partial charge in [0.2, 0.25) is 5.13 Å². The van der Waals surface area contributed by atoms with Crippen LogP contribution in [0.4, 0.5) is 5.13 Å². The number of pyridine rings is 1. The van der Waals surface area contributed by atoms with Crippen LogP contribution in [0.2, 0.25) is 0 Å². The lowest BCUT2D eigenvalue weighted by molar-refractivity contribution is 0.102. The Bertz CT molecular complexity index is 885. The second-order valence-electron chi connectivity index (χ2n) is 5.25. The van der Waals surface area contributed by atoms with Gasteiger partial charge in [-0.05, 0) is 19.9 Å². The molecule has 0 bridgehead atoms. The molecule has 0 aliphatic heterocycles. The fraction of sp³-hybridized carbons (Fsp3) is 0.267. The van der Waals surface area contributed by atoms with Gasteiger partial charge in [0.1, 0.15) is 0 Å². The number of nitrogens with zero attached hydrogens (tertiary/aromatic N) is 5. The van der Waals surface area contributed by atoms with E-state index in [1.54, 1.807) is 24.5 Å². The van der Waals surface area contributed by atoms with E-state index in [4.69, 9.17) is 0 Å². The van der Waals surface area contributed by atoms with Crippen LogP contribution in [0.1, 0.15) is 30.2 Å². The fourth-order valence-corrected chi connectivity index (χ4v) is 3.57. The minimum absolute atomic E-state index is 0.211. The Balaban J connectivity index is 1.76. The number of hydrogen-bond donors (Lipinski definition) is 1. The number of carbonyl (C=O) groups excluding carboxylic acids is 1. The van der Waals surface area contributed by atoms with E-state index >= 15 is 0 Å². The number of fused-ring (bicyclic) bond motifs is 1. The van der Waals surface area contributed by atoms with Crippen molar-refractivity contribution in [1.29, 1.82) is 0 Å². The monoisotopic (exact) mass is 360 g/mol. The summed E-state index contributed by atoms with van der Waals surface area (Å²) in [6.07, 6.45) is 5.06. The van der Waals surface area contributed by atoms with E-state index < -0.39 is 0 Å². The van der Waals surface area contributed by atoms with E-state index in [9.17, 15) is 4.79 Å². The normalized spacial score (nSPS) is 11.1. The van der Waals surface area contributed by atoms with Gasteiger partial charge in [0.15, 0.2) is 9.99 Å². The summed E-state index contributed by atoms with van der Waals surface area (Å²) in [5, 5.41) is 16.3. The molecule has 0 aliphatic rings. The van der Waals surface area contributed by atoms with Crippen LogP contribution < -0.4 is 5.32 Å². The molecule has 0 saturated heterocycles. The first-order chi connectivity index (χ1) is 11.6. The predicted molar refractivity (Wildman–Crippen MR) is 96.7 cm³/mol. The summed E-state index contributed by atoms with van der Waals surface area (Å²) in [5.74, 6) is 0.487. The zero-order valence-corrected chi connectivity index (χ0v) is 14.9. The molecule has 3 rings (SSSR count). The van der Waals surface area contributed by atoms with Gasteiger partial charge in [-0.25, -0.2) is 9.67 Å². The highest BCUT2D eigenvalue weighted by atomic mass is 32.2. The summed E-state index contributed by atoms with van der Waals surface area (Å²) in [7, 11) is 0. The molecule has 3 aromatic heterocycles. The summed E-state index contributed by atoms with van der Waals surface area (Å²) < 4.78 is 2.61. The van der Waals surface area contributed by atoms with Gasteiger partial charge in [0.05, 0.1) is 11.8 Å². The first-order valence-electron chi connectivity index (χ1n) is 7.30. The number of carbonyl (C=O) groups is 1. The Morgan fingerprint density at radius 2 is 2.29 bits per heavy atom. The van der Waals surface area contributed by atoms with Crippen LogP contribution in [0.5, 0.6) is 0 Å². The van der Waals surface area contributed by atoms with Gasteiger partial charge in [-0.1, -0.05) is 29.2 Å². The van der Waals surface area contributed by atoms with Crippen molar-refractivity contribution in [2.24, 2.45) is 0 Å². The molecule has 0 spiro atoms. The van der Waals surface area contributed by atoms with E-state index in [1.165, 1.54) is 23.1 Å². The molecular weight excluding hydrogens is 344 g/mol. The highest BCUT2D eigenvalue weighted by Gasteiger charge is 2.14. The Morgan fingerprint density at radius 1 is 1.46 bits per heavy atom. The number of hydrogen-bond acceptors (Lipinski definition) is 7. The van der Waals surface area contributed by atoms with Gasteiger partial charge in [-0.15, -0.1) is 16.8 Å². The topological polar surface area (TPSA) is 85.6 Å². The minimum Gasteiger partial charge on any atom is -0.296 e. The van der Waals surface area contributed by atoms with Gasteiger partial charge in [0.25, 0.3) is 5.91 Å². The maximum absolute atomic E-state index is 12.4. The molecular formula is C15H16N6OS2. The van der Waals surface area contributed by atoms with Crippen molar-refractivity contribution in [3.8, 4) is 0 Å². The maximum atomic E-state index is 12.4. The number of anilines is 1. The van der Waals surface area contributed by atoms with Crippen LogP contribution in [0, 0.1) is 0 Å². The molecule has 3 aromatic rings. The Morgan fingerprint density at radius 3 is 3.04 bits per heavy atom. The van der Waals surface area contributed by atoms with Crippen molar-refractivity contribution >= 4 is 45.2 Å². The van der Waals surface area contributed by atoms with E-state index in [0.717, 1.165) is 21.1 Å². The molecule has 9 heteroatoms. The predicted octanol–water partition coefficient (Wildman–Crippen LogP) is 3.39. The summed E-state index contributed by atoms with van der Waals surface area (Å²) in [5.41, 5.74) is 1.22. The Labute approximate surface area is 147 Å². The number of aromatic nitrogens is 5. The third-order valence-corrected chi connectivity index (χ3v) is 5.10. The highest BCUT2D eigenvalue weighted by Crippen LogP contribution is 2.26. The summed E-state index contributed by atoms with van der Waals surface area (Å²) in [4.78, 5) is 16.7. The molecule has 0 saturated carbocycles. The van der Waals surface area contributed by atoms with Crippen molar-refractivity contribution < 1.29 is 4.79 Å². The van der Waals surface area contributed by atoms with Crippen LogP contribution in [0.25, 0.3) is 11.0 Å². The highest BCUT2D eigenvalue weighted by molar-refractivity contribution is 8.01. The average molecular weight is 360 g/mol. The molecule has 3 heterocycles. The standard InChI is InChI=1S/C15H16N6OS2/c1-4-5-23-15-20-19-14(24-15)18-13(22)11-6-10-8-17-21(9(2)3)12(10)16-7-11/h4,6-9H,1,5H2,2-3H3,(H,18,19,22). The molecule has 0 aliphatic carbocycles. The zero-order chi connectivity index (χ0) is 17.1. The molecule has 7 nitrogen and oxygen atoms in total.